The maximum absolute atomic E-state index is 9.70. The Morgan fingerprint density at radius 3 is 2.80 bits per heavy atom. The van der Waals surface area contributed by atoms with Crippen LogP contribution in [0, 0.1) is 0 Å². The van der Waals surface area contributed by atoms with Crippen LogP contribution in [0.5, 0.6) is 0 Å². The molecule has 0 aromatic rings. The Balaban J connectivity index is 3.54. The standard InChI is InChI=1S/C10H21N3O2/c1-4-10(3,14)6-8-15-9(2)5-7-12-13-11/h9,14H,4-8H2,1-3H3. The van der Waals surface area contributed by atoms with Gasteiger partial charge in [-0.3, -0.25) is 0 Å². The molecule has 0 rings (SSSR count). The van der Waals surface area contributed by atoms with E-state index in [9.17, 15) is 5.11 Å². The van der Waals surface area contributed by atoms with Crippen molar-refractivity contribution in [2.24, 2.45) is 5.11 Å². The predicted octanol–water partition coefficient (Wildman–Crippen LogP) is 2.64. The van der Waals surface area contributed by atoms with Crippen LogP contribution in [-0.2, 0) is 4.74 Å². The van der Waals surface area contributed by atoms with Crippen LogP contribution in [0.2, 0.25) is 0 Å². The summed E-state index contributed by atoms with van der Waals surface area (Å²) in [6, 6.07) is 0. The van der Waals surface area contributed by atoms with Gasteiger partial charge in [0.25, 0.3) is 0 Å². The van der Waals surface area contributed by atoms with E-state index in [0.717, 1.165) is 12.8 Å². The molecule has 15 heavy (non-hydrogen) atoms. The number of aliphatic hydroxyl groups is 1. The highest BCUT2D eigenvalue weighted by Crippen LogP contribution is 2.14. The molecule has 0 aromatic carbocycles. The van der Waals surface area contributed by atoms with Crippen molar-refractivity contribution in [1.29, 1.82) is 0 Å². The first-order valence-electron chi connectivity index (χ1n) is 5.36. The maximum atomic E-state index is 9.70. The Morgan fingerprint density at radius 1 is 1.60 bits per heavy atom. The van der Waals surface area contributed by atoms with Crippen molar-refractivity contribution in [3.8, 4) is 0 Å². The van der Waals surface area contributed by atoms with Gasteiger partial charge in [-0.2, -0.15) is 0 Å². The lowest BCUT2D eigenvalue weighted by molar-refractivity contribution is -0.00906. The van der Waals surface area contributed by atoms with Gasteiger partial charge < -0.3 is 9.84 Å². The van der Waals surface area contributed by atoms with Gasteiger partial charge in [-0.15, -0.1) is 0 Å². The van der Waals surface area contributed by atoms with E-state index in [0.29, 0.717) is 19.6 Å². The Kier molecular flexibility index (Phi) is 7.13. The van der Waals surface area contributed by atoms with Crippen molar-refractivity contribution in [2.75, 3.05) is 13.2 Å². The van der Waals surface area contributed by atoms with Gasteiger partial charge in [0, 0.05) is 18.1 Å². The molecule has 2 unspecified atom stereocenters. The average molecular weight is 215 g/mol. The molecule has 0 aliphatic heterocycles. The Labute approximate surface area is 91.1 Å². The molecule has 0 aromatic heterocycles. The quantitative estimate of drug-likeness (QED) is 0.384. The van der Waals surface area contributed by atoms with Crippen molar-refractivity contribution >= 4 is 0 Å². The van der Waals surface area contributed by atoms with Crippen molar-refractivity contribution in [2.45, 2.75) is 51.7 Å². The summed E-state index contributed by atoms with van der Waals surface area (Å²) >= 11 is 0. The summed E-state index contributed by atoms with van der Waals surface area (Å²) in [6.07, 6.45) is 2.15. The van der Waals surface area contributed by atoms with E-state index in [-0.39, 0.29) is 6.10 Å². The monoisotopic (exact) mass is 215 g/mol. The molecule has 0 saturated carbocycles. The van der Waals surface area contributed by atoms with E-state index >= 15 is 0 Å². The molecule has 5 nitrogen and oxygen atoms in total. The predicted molar refractivity (Wildman–Crippen MR) is 59.6 cm³/mol. The smallest absolute Gasteiger partial charge is 0.0639 e. The number of ether oxygens (including phenoxy) is 1. The minimum Gasteiger partial charge on any atom is -0.390 e. The normalized spacial score (nSPS) is 16.5. The lowest BCUT2D eigenvalue weighted by Gasteiger charge is -2.22. The summed E-state index contributed by atoms with van der Waals surface area (Å²) in [5.41, 5.74) is 7.44. The van der Waals surface area contributed by atoms with Gasteiger partial charge in [-0.05, 0) is 38.6 Å². The zero-order valence-electron chi connectivity index (χ0n) is 9.81. The summed E-state index contributed by atoms with van der Waals surface area (Å²) in [5, 5.41) is 13.1. The van der Waals surface area contributed by atoms with Crippen LogP contribution in [0.1, 0.15) is 40.0 Å². The Morgan fingerprint density at radius 2 is 2.27 bits per heavy atom. The molecule has 2 atom stereocenters. The molecule has 0 spiro atoms. The number of hydrogen-bond donors (Lipinski definition) is 1. The van der Waals surface area contributed by atoms with Crippen LogP contribution in [0.3, 0.4) is 0 Å². The summed E-state index contributed by atoms with van der Waals surface area (Å²) < 4.78 is 5.48. The number of hydrogen-bond acceptors (Lipinski definition) is 3. The number of nitrogens with zero attached hydrogens (tertiary/aromatic N) is 3. The lowest BCUT2D eigenvalue weighted by Crippen LogP contribution is -2.26. The molecule has 0 bridgehead atoms. The van der Waals surface area contributed by atoms with Crippen LogP contribution in [0.15, 0.2) is 5.11 Å². The summed E-state index contributed by atoms with van der Waals surface area (Å²) in [6.45, 7) is 6.69. The van der Waals surface area contributed by atoms with Gasteiger partial charge in [-0.1, -0.05) is 12.0 Å². The third-order valence-corrected chi connectivity index (χ3v) is 2.50. The highest BCUT2D eigenvalue weighted by atomic mass is 16.5. The minimum absolute atomic E-state index is 0.0724. The first kappa shape index (κ1) is 14.2. The Bertz CT molecular complexity index is 213. The summed E-state index contributed by atoms with van der Waals surface area (Å²) in [7, 11) is 0. The van der Waals surface area contributed by atoms with Crippen LogP contribution < -0.4 is 0 Å². The van der Waals surface area contributed by atoms with Crippen LogP contribution in [0.25, 0.3) is 10.4 Å². The van der Waals surface area contributed by atoms with Gasteiger partial charge in [0.2, 0.25) is 0 Å². The van der Waals surface area contributed by atoms with E-state index < -0.39 is 5.60 Å². The van der Waals surface area contributed by atoms with Crippen LogP contribution >= 0.6 is 0 Å². The van der Waals surface area contributed by atoms with Gasteiger partial charge in [0.05, 0.1) is 11.7 Å². The second kappa shape index (κ2) is 7.51. The fourth-order valence-electron chi connectivity index (χ4n) is 1.02. The highest BCUT2D eigenvalue weighted by Gasteiger charge is 2.17. The van der Waals surface area contributed by atoms with Gasteiger partial charge in [-0.25, -0.2) is 0 Å². The molecule has 5 heteroatoms. The van der Waals surface area contributed by atoms with Crippen LogP contribution in [-0.4, -0.2) is 30.0 Å². The third kappa shape index (κ3) is 8.24. The van der Waals surface area contributed by atoms with E-state index in [2.05, 4.69) is 10.0 Å². The average Bonchev–Trinajstić information content (AvgIpc) is 2.18. The Hall–Kier alpha value is -0.770. The molecule has 88 valence electrons. The zero-order chi connectivity index (χ0) is 11.7. The molecular weight excluding hydrogens is 194 g/mol. The van der Waals surface area contributed by atoms with Gasteiger partial charge >= 0.3 is 0 Å². The fraction of sp³-hybridized carbons (Fsp3) is 1.00. The van der Waals surface area contributed by atoms with Crippen molar-refractivity contribution in [1.82, 2.24) is 0 Å². The zero-order valence-corrected chi connectivity index (χ0v) is 9.81. The number of azide groups is 1. The van der Waals surface area contributed by atoms with Crippen LogP contribution in [0.4, 0.5) is 0 Å². The van der Waals surface area contributed by atoms with E-state index in [1.165, 1.54) is 0 Å². The first-order valence-corrected chi connectivity index (χ1v) is 5.36. The lowest BCUT2D eigenvalue weighted by atomic mass is 10.0. The molecule has 0 saturated heterocycles. The minimum atomic E-state index is -0.634. The topological polar surface area (TPSA) is 78.2 Å². The molecule has 1 N–H and O–H groups in total. The van der Waals surface area contributed by atoms with Gasteiger partial charge in [0.15, 0.2) is 0 Å². The third-order valence-electron chi connectivity index (χ3n) is 2.50. The van der Waals surface area contributed by atoms with E-state index in [4.69, 9.17) is 10.3 Å². The second-order valence-corrected chi connectivity index (χ2v) is 4.03. The second-order valence-electron chi connectivity index (χ2n) is 4.03. The summed E-state index contributed by atoms with van der Waals surface area (Å²) in [5.74, 6) is 0. The molecule has 0 fully saturated rings. The SMILES string of the molecule is CCC(C)(O)CCOC(C)CCN=[N+]=[N-]. The first-order chi connectivity index (χ1) is 7.02. The van der Waals surface area contributed by atoms with Crippen molar-refractivity contribution in [3.05, 3.63) is 10.4 Å². The molecular formula is C10H21N3O2. The largest absolute Gasteiger partial charge is 0.390 e. The maximum Gasteiger partial charge on any atom is 0.0639 e. The summed E-state index contributed by atoms with van der Waals surface area (Å²) in [4.78, 5) is 2.67. The number of rotatable bonds is 8. The molecule has 0 heterocycles. The molecule has 0 amide bonds. The molecule has 0 aliphatic rings. The highest BCUT2D eigenvalue weighted by molar-refractivity contribution is 4.69. The molecule has 0 radical (unpaired) electrons. The van der Waals surface area contributed by atoms with E-state index in [1.54, 1.807) is 6.92 Å². The molecule has 0 aliphatic carbocycles. The fourth-order valence-corrected chi connectivity index (χ4v) is 1.02. The van der Waals surface area contributed by atoms with Crippen molar-refractivity contribution in [3.63, 3.8) is 0 Å². The van der Waals surface area contributed by atoms with Gasteiger partial charge in [0.1, 0.15) is 0 Å². The van der Waals surface area contributed by atoms with E-state index in [1.807, 2.05) is 13.8 Å². The van der Waals surface area contributed by atoms with Crippen molar-refractivity contribution < 1.29 is 9.84 Å².